The highest BCUT2D eigenvalue weighted by Gasteiger charge is 2.26. The molecule has 0 aliphatic heterocycles. The molecule has 4 heteroatoms. The molecule has 1 aromatic carbocycles. The van der Waals surface area contributed by atoms with Crippen LogP contribution < -0.4 is 0 Å². The maximum Gasteiger partial charge on any atom is 0.264 e. The second-order valence-corrected chi connectivity index (χ2v) is 3.57. The number of hydrogen-bond donors (Lipinski definition) is 0. The summed E-state index contributed by atoms with van der Waals surface area (Å²) < 4.78 is 38.5. The Labute approximate surface area is 84.9 Å². The van der Waals surface area contributed by atoms with Gasteiger partial charge in [-0.25, -0.2) is 13.2 Å². The van der Waals surface area contributed by atoms with Crippen molar-refractivity contribution in [1.29, 1.82) is 0 Å². The first-order valence-corrected chi connectivity index (χ1v) is 4.74. The van der Waals surface area contributed by atoms with E-state index in [9.17, 15) is 18.0 Å². The van der Waals surface area contributed by atoms with Gasteiger partial charge in [-0.05, 0) is 24.5 Å². The minimum atomic E-state index is -2.65. The average molecular weight is 214 g/mol. The van der Waals surface area contributed by atoms with Crippen LogP contribution in [-0.4, -0.2) is 5.78 Å². The summed E-state index contributed by atoms with van der Waals surface area (Å²) in [5.74, 6) is -1.05. The third-order valence-electron chi connectivity index (χ3n) is 2.64. The molecule has 0 radical (unpaired) electrons. The van der Waals surface area contributed by atoms with Crippen LogP contribution in [0, 0.1) is 5.82 Å². The monoisotopic (exact) mass is 214 g/mol. The minimum absolute atomic E-state index is 0.126. The molecule has 0 fully saturated rings. The Morgan fingerprint density at radius 3 is 2.60 bits per heavy atom. The van der Waals surface area contributed by atoms with Gasteiger partial charge in [0.15, 0.2) is 5.78 Å². The maximum atomic E-state index is 13.3. The lowest BCUT2D eigenvalue weighted by Crippen LogP contribution is -2.15. The van der Waals surface area contributed by atoms with Crippen molar-refractivity contribution < 1.29 is 18.0 Å². The standard InChI is InChI=1S/C11H9F3O/c12-8-5-4-7(11(13)14)6-2-1-3-9(15)10(6)8/h4-5,11H,1-3H2. The molecule has 1 aliphatic rings. The van der Waals surface area contributed by atoms with E-state index in [0.29, 0.717) is 12.8 Å². The van der Waals surface area contributed by atoms with E-state index in [4.69, 9.17) is 0 Å². The van der Waals surface area contributed by atoms with Crippen molar-refractivity contribution in [3.05, 3.63) is 34.6 Å². The van der Waals surface area contributed by atoms with Crippen LogP contribution in [0.3, 0.4) is 0 Å². The van der Waals surface area contributed by atoms with Crippen molar-refractivity contribution in [2.45, 2.75) is 25.7 Å². The zero-order chi connectivity index (χ0) is 11.0. The fourth-order valence-corrected chi connectivity index (χ4v) is 1.96. The molecule has 1 aliphatic carbocycles. The number of halogens is 3. The lowest BCUT2D eigenvalue weighted by molar-refractivity contribution is 0.0966. The van der Waals surface area contributed by atoms with E-state index in [0.717, 1.165) is 12.1 Å². The van der Waals surface area contributed by atoms with Crippen LogP contribution in [0.1, 0.15) is 40.8 Å². The van der Waals surface area contributed by atoms with E-state index in [1.807, 2.05) is 0 Å². The van der Waals surface area contributed by atoms with Gasteiger partial charge in [0.25, 0.3) is 6.43 Å². The van der Waals surface area contributed by atoms with Crippen molar-refractivity contribution in [1.82, 2.24) is 0 Å². The first-order valence-electron chi connectivity index (χ1n) is 4.74. The molecule has 0 spiro atoms. The highest BCUT2D eigenvalue weighted by Crippen LogP contribution is 2.32. The van der Waals surface area contributed by atoms with Crippen molar-refractivity contribution in [2.24, 2.45) is 0 Å². The number of Topliss-reactive ketones (excluding diaryl/α,β-unsaturated/α-hetero) is 1. The smallest absolute Gasteiger partial charge is 0.264 e. The number of rotatable bonds is 1. The highest BCUT2D eigenvalue weighted by atomic mass is 19.3. The molecule has 0 saturated heterocycles. The third kappa shape index (κ3) is 1.64. The van der Waals surface area contributed by atoms with Gasteiger partial charge in [-0.15, -0.1) is 0 Å². The Kier molecular flexibility index (Phi) is 2.50. The molecule has 2 rings (SSSR count). The average Bonchev–Trinajstić information content (AvgIpc) is 2.17. The molecule has 1 nitrogen and oxygen atoms in total. The number of carbonyl (C=O) groups is 1. The topological polar surface area (TPSA) is 17.1 Å². The van der Waals surface area contributed by atoms with Crippen LogP contribution in [-0.2, 0) is 6.42 Å². The van der Waals surface area contributed by atoms with E-state index >= 15 is 0 Å². The fourth-order valence-electron chi connectivity index (χ4n) is 1.96. The Morgan fingerprint density at radius 2 is 1.93 bits per heavy atom. The normalized spacial score (nSPS) is 15.6. The molecule has 0 aromatic heterocycles. The Morgan fingerprint density at radius 1 is 1.20 bits per heavy atom. The lowest BCUT2D eigenvalue weighted by atomic mass is 9.87. The minimum Gasteiger partial charge on any atom is -0.294 e. The van der Waals surface area contributed by atoms with Gasteiger partial charge in [-0.3, -0.25) is 4.79 Å². The van der Waals surface area contributed by atoms with Crippen LogP contribution in [0.2, 0.25) is 0 Å². The summed E-state index contributed by atoms with van der Waals surface area (Å²) in [6.45, 7) is 0. The van der Waals surface area contributed by atoms with Gasteiger partial charge in [0.05, 0.1) is 5.56 Å². The van der Waals surface area contributed by atoms with Crippen molar-refractivity contribution in [2.75, 3.05) is 0 Å². The molecular formula is C11H9F3O. The van der Waals surface area contributed by atoms with Crippen molar-refractivity contribution in [3.63, 3.8) is 0 Å². The van der Waals surface area contributed by atoms with E-state index in [2.05, 4.69) is 0 Å². The first kappa shape index (κ1) is 10.2. The van der Waals surface area contributed by atoms with Crippen LogP contribution >= 0.6 is 0 Å². The predicted molar refractivity (Wildman–Crippen MR) is 48.6 cm³/mol. The zero-order valence-electron chi connectivity index (χ0n) is 7.90. The van der Waals surface area contributed by atoms with E-state index in [1.165, 1.54) is 0 Å². The summed E-state index contributed by atoms with van der Waals surface area (Å²) in [4.78, 5) is 11.4. The Hall–Kier alpha value is -1.32. The van der Waals surface area contributed by atoms with Gasteiger partial charge in [-0.2, -0.15) is 0 Å². The second kappa shape index (κ2) is 3.68. The molecule has 0 N–H and O–H groups in total. The van der Waals surface area contributed by atoms with Gasteiger partial charge >= 0.3 is 0 Å². The van der Waals surface area contributed by atoms with Gasteiger partial charge in [-0.1, -0.05) is 6.07 Å². The molecule has 80 valence electrons. The van der Waals surface area contributed by atoms with Gasteiger partial charge in [0.1, 0.15) is 5.82 Å². The first-order chi connectivity index (χ1) is 7.11. The van der Waals surface area contributed by atoms with Crippen LogP contribution in [0.25, 0.3) is 0 Å². The number of benzene rings is 1. The lowest BCUT2D eigenvalue weighted by Gasteiger charge is -2.18. The van der Waals surface area contributed by atoms with Crippen LogP contribution in [0.15, 0.2) is 12.1 Å². The summed E-state index contributed by atoms with van der Waals surface area (Å²) >= 11 is 0. The fraction of sp³-hybridized carbons (Fsp3) is 0.364. The molecular weight excluding hydrogens is 205 g/mol. The predicted octanol–water partition coefficient (Wildman–Crippen LogP) is 3.28. The second-order valence-electron chi connectivity index (χ2n) is 3.57. The van der Waals surface area contributed by atoms with Crippen molar-refractivity contribution in [3.8, 4) is 0 Å². The molecule has 0 saturated carbocycles. The molecule has 0 heterocycles. The zero-order valence-corrected chi connectivity index (χ0v) is 7.90. The molecule has 0 bridgehead atoms. The number of hydrogen-bond acceptors (Lipinski definition) is 1. The van der Waals surface area contributed by atoms with Crippen molar-refractivity contribution >= 4 is 5.78 Å². The number of alkyl halides is 2. The van der Waals surface area contributed by atoms with Gasteiger partial charge < -0.3 is 0 Å². The van der Waals surface area contributed by atoms with Gasteiger partial charge in [0.2, 0.25) is 0 Å². The maximum absolute atomic E-state index is 13.3. The summed E-state index contributed by atoms with van der Waals surface area (Å²) in [5.41, 5.74) is -0.139. The van der Waals surface area contributed by atoms with Crippen LogP contribution in [0.5, 0.6) is 0 Å². The molecule has 15 heavy (non-hydrogen) atoms. The van der Waals surface area contributed by atoms with E-state index in [-0.39, 0.29) is 28.9 Å². The summed E-state index contributed by atoms with van der Waals surface area (Å²) in [5, 5.41) is 0. The largest absolute Gasteiger partial charge is 0.294 e. The number of carbonyl (C=O) groups excluding carboxylic acids is 1. The van der Waals surface area contributed by atoms with Crippen LogP contribution in [0.4, 0.5) is 13.2 Å². The summed E-state index contributed by atoms with van der Waals surface area (Å²) in [6, 6.07) is 2.01. The number of fused-ring (bicyclic) bond motifs is 1. The Bertz CT molecular complexity index is 413. The molecule has 0 atom stereocenters. The summed E-state index contributed by atoms with van der Waals surface area (Å²) in [6.07, 6.45) is -1.52. The van der Waals surface area contributed by atoms with Gasteiger partial charge in [0, 0.05) is 12.0 Å². The number of ketones is 1. The third-order valence-corrected chi connectivity index (χ3v) is 2.64. The molecule has 0 unspecified atom stereocenters. The van der Waals surface area contributed by atoms with E-state index in [1.54, 1.807) is 0 Å². The summed E-state index contributed by atoms with van der Waals surface area (Å²) in [7, 11) is 0. The molecule has 1 aromatic rings. The van der Waals surface area contributed by atoms with E-state index < -0.39 is 12.2 Å². The SMILES string of the molecule is O=C1CCCc2c(C(F)F)ccc(F)c21. The quantitative estimate of drug-likeness (QED) is 0.701. The molecule has 0 amide bonds. The Balaban J connectivity index is 2.64. The highest BCUT2D eigenvalue weighted by molar-refractivity contribution is 5.99.